The second-order valence-corrected chi connectivity index (χ2v) is 4.07. The van der Waals surface area contributed by atoms with E-state index in [-0.39, 0.29) is 5.97 Å². The molecule has 0 radical (unpaired) electrons. The fourth-order valence-electron chi connectivity index (χ4n) is 1.94. The summed E-state index contributed by atoms with van der Waals surface area (Å²) >= 11 is 0. The first kappa shape index (κ1) is 11.5. The molecular formula is C10H20N2O2. The standard InChI is InChI=1S/C10H20N2O2/c1-8-6-12(7-9(2)11-8)4-5-14-10(3)13/h8-9,11H,4-7H2,1-3H3/t8-,9+. The van der Waals surface area contributed by atoms with Crippen molar-refractivity contribution in [2.45, 2.75) is 32.9 Å². The van der Waals surface area contributed by atoms with Gasteiger partial charge in [-0.05, 0) is 13.8 Å². The summed E-state index contributed by atoms with van der Waals surface area (Å²) in [5.74, 6) is -0.193. The third-order valence-corrected chi connectivity index (χ3v) is 2.35. The second-order valence-electron chi connectivity index (χ2n) is 4.07. The Morgan fingerprint density at radius 3 is 2.50 bits per heavy atom. The third-order valence-electron chi connectivity index (χ3n) is 2.35. The summed E-state index contributed by atoms with van der Waals surface area (Å²) in [5.41, 5.74) is 0. The monoisotopic (exact) mass is 200 g/mol. The summed E-state index contributed by atoms with van der Waals surface area (Å²) in [7, 11) is 0. The van der Waals surface area contributed by atoms with Crippen LogP contribution in [0.4, 0.5) is 0 Å². The van der Waals surface area contributed by atoms with Gasteiger partial charge in [-0.2, -0.15) is 0 Å². The first-order valence-corrected chi connectivity index (χ1v) is 5.19. The molecule has 0 amide bonds. The van der Waals surface area contributed by atoms with Crippen LogP contribution in [0.1, 0.15) is 20.8 Å². The van der Waals surface area contributed by atoms with Crippen LogP contribution in [0.15, 0.2) is 0 Å². The lowest BCUT2D eigenvalue weighted by atomic mass is 10.1. The topological polar surface area (TPSA) is 41.6 Å². The molecule has 0 aromatic heterocycles. The maximum Gasteiger partial charge on any atom is 0.302 e. The lowest BCUT2D eigenvalue weighted by Crippen LogP contribution is -2.54. The summed E-state index contributed by atoms with van der Waals surface area (Å²) in [4.78, 5) is 12.9. The molecule has 1 heterocycles. The predicted molar refractivity (Wildman–Crippen MR) is 55.1 cm³/mol. The van der Waals surface area contributed by atoms with Crippen molar-refractivity contribution in [3.8, 4) is 0 Å². The van der Waals surface area contributed by atoms with Crippen molar-refractivity contribution in [3.63, 3.8) is 0 Å². The molecule has 4 nitrogen and oxygen atoms in total. The molecule has 0 bridgehead atoms. The van der Waals surface area contributed by atoms with Gasteiger partial charge in [0.1, 0.15) is 6.61 Å². The van der Waals surface area contributed by atoms with E-state index in [1.165, 1.54) is 6.92 Å². The maximum absolute atomic E-state index is 10.6. The van der Waals surface area contributed by atoms with Crippen molar-refractivity contribution in [1.29, 1.82) is 0 Å². The number of nitrogens with zero attached hydrogens (tertiary/aromatic N) is 1. The molecule has 2 atom stereocenters. The number of esters is 1. The lowest BCUT2D eigenvalue weighted by Gasteiger charge is -2.35. The van der Waals surface area contributed by atoms with Crippen LogP contribution < -0.4 is 5.32 Å². The molecule has 0 saturated carbocycles. The van der Waals surface area contributed by atoms with E-state index in [0.717, 1.165) is 19.6 Å². The minimum absolute atomic E-state index is 0.193. The molecule has 0 aromatic rings. The Balaban J connectivity index is 2.20. The Labute approximate surface area is 85.6 Å². The van der Waals surface area contributed by atoms with E-state index in [9.17, 15) is 4.79 Å². The van der Waals surface area contributed by atoms with Crippen LogP contribution in [0.5, 0.6) is 0 Å². The Morgan fingerprint density at radius 1 is 1.43 bits per heavy atom. The zero-order chi connectivity index (χ0) is 10.6. The van der Waals surface area contributed by atoms with Gasteiger partial charge in [0.05, 0.1) is 0 Å². The van der Waals surface area contributed by atoms with E-state index >= 15 is 0 Å². The van der Waals surface area contributed by atoms with E-state index < -0.39 is 0 Å². The van der Waals surface area contributed by atoms with E-state index in [4.69, 9.17) is 4.74 Å². The first-order chi connectivity index (χ1) is 6.58. The number of hydrogen-bond donors (Lipinski definition) is 1. The molecule has 1 rings (SSSR count). The molecule has 1 fully saturated rings. The first-order valence-electron chi connectivity index (χ1n) is 5.19. The average molecular weight is 200 g/mol. The van der Waals surface area contributed by atoms with Gasteiger partial charge < -0.3 is 10.1 Å². The third kappa shape index (κ3) is 4.07. The Kier molecular flexibility index (Phi) is 4.35. The van der Waals surface area contributed by atoms with Crippen LogP contribution >= 0.6 is 0 Å². The Morgan fingerprint density at radius 2 is 2.00 bits per heavy atom. The Bertz CT molecular complexity index is 187. The van der Waals surface area contributed by atoms with Gasteiger partial charge in [0.15, 0.2) is 0 Å². The number of piperazine rings is 1. The molecule has 0 unspecified atom stereocenters. The van der Waals surface area contributed by atoms with E-state index in [1.54, 1.807) is 0 Å². The van der Waals surface area contributed by atoms with Crippen molar-refractivity contribution in [1.82, 2.24) is 10.2 Å². The summed E-state index contributed by atoms with van der Waals surface area (Å²) in [6, 6.07) is 1.05. The highest BCUT2D eigenvalue weighted by Gasteiger charge is 2.20. The zero-order valence-corrected chi connectivity index (χ0v) is 9.25. The fourth-order valence-corrected chi connectivity index (χ4v) is 1.94. The number of hydrogen-bond acceptors (Lipinski definition) is 4. The summed E-state index contributed by atoms with van der Waals surface area (Å²) < 4.78 is 4.91. The minimum atomic E-state index is -0.193. The van der Waals surface area contributed by atoms with E-state index in [0.29, 0.717) is 18.7 Å². The summed E-state index contributed by atoms with van der Waals surface area (Å²) in [5, 5.41) is 3.46. The lowest BCUT2D eigenvalue weighted by molar-refractivity contribution is -0.141. The highest BCUT2D eigenvalue weighted by Crippen LogP contribution is 2.03. The molecular weight excluding hydrogens is 180 g/mol. The smallest absolute Gasteiger partial charge is 0.302 e. The number of ether oxygens (including phenoxy) is 1. The highest BCUT2D eigenvalue weighted by atomic mass is 16.5. The van der Waals surface area contributed by atoms with Crippen molar-refractivity contribution < 1.29 is 9.53 Å². The van der Waals surface area contributed by atoms with Crippen LogP contribution in [-0.2, 0) is 9.53 Å². The SMILES string of the molecule is CC(=O)OCCN1C[C@@H](C)N[C@@H](C)C1. The van der Waals surface area contributed by atoms with Gasteiger partial charge in [0, 0.05) is 38.6 Å². The molecule has 82 valence electrons. The molecule has 0 aromatic carbocycles. The predicted octanol–water partition coefficient (Wildman–Crippen LogP) is 0.232. The van der Waals surface area contributed by atoms with Crippen LogP contribution in [-0.4, -0.2) is 49.2 Å². The van der Waals surface area contributed by atoms with Gasteiger partial charge in [-0.3, -0.25) is 9.69 Å². The van der Waals surface area contributed by atoms with Crippen LogP contribution in [0.25, 0.3) is 0 Å². The molecule has 1 aliphatic heterocycles. The number of carbonyl (C=O) groups is 1. The summed E-state index contributed by atoms with van der Waals surface area (Å²) in [6.07, 6.45) is 0. The summed E-state index contributed by atoms with van der Waals surface area (Å²) in [6.45, 7) is 9.22. The van der Waals surface area contributed by atoms with Gasteiger partial charge in [0.2, 0.25) is 0 Å². The van der Waals surface area contributed by atoms with Crippen LogP contribution in [0, 0.1) is 0 Å². The van der Waals surface area contributed by atoms with Gasteiger partial charge in [-0.15, -0.1) is 0 Å². The van der Waals surface area contributed by atoms with Crippen LogP contribution in [0.3, 0.4) is 0 Å². The quantitative estimate of drug-likeness (QED) is 0.662. The van der Waals surface area contributed by atoms with Gasteiger partial charge >= 0.3 is 5.97 Å². The van der Waals surface area contributed by atoms with E-state index in [2.05, 4.69) is 24.1 Å². The zero-order valence-electron chi connectivity index (χ0n) is 9.25. The van der Waals surface area contributed by atoms with Gasteiger partial charge in [-0.1, -0.05) is 0 Å². The van der Waals surface area contributed by atoms with E-state index in [1.807, 2.05) is 0 Å². The number of nitrogens with one attached hydrogen (secondary N) is 1. The second kappa shape index (κ2) is 5.32. The number of rotatable bonds is 3. The van der Waals surface area contributed by atoms with Crippen molar-refractivity contribution in [2.24, 2.45) is 0 Å². The normalized spacial score (nSPS) is 28.8. The molecule has 1 saturated heterocycles. The Hall–Kier alpha value is -0.610. The highest BCUT2D eigenvalue weighted by molar-refractivity contribution is 5.65. The molecule has 4 heteroatoms. The van der Waals surface area contributed by atoms with Gasteiger partial charge in [-0.25, -0.2) is 0 Å². The molecule has 1 aliphatic rings. The maximum atomic E-state index is 10.6. The number of carbonyl (C=O) groups excluding carboxylic acids is 1. The van der Waals surface area contributed by atoms with Gasteiger partial charge in [0.25, 0.3) is 0 Å². The van der Waals surface area contributed by atoms with Crippen molar-refractivity contribution >= 4 is 5.97 Å². The average Bonchev–Trinajstić information content (AvgIpc) is 2.01. The van der Waals surface area contributed by atoms with Crippen LogP contribution in [0.2, 0.25) is 0 Å². The molecule has 14 heavy (non-hydrogen) atoms. The molecule has 1 N–H and O–H groups in total. The molecule has 0 spiro atoms. The fraction of sp³-hybridized carbons (Fsp3) is 0.900. The minimum Gasteiger partial charge on any atom is -0.465 e. The van der Waals surface area contributed by atoms with Crippen molar-refractivity contribution in [3.05, 3.63) is 0 Å². The molecule has 0 aliphatic carbocycles. The largest absolute Gasteiger partial charge is 0.465 e. The van der Waals surface area contributed by atoms with Crippen molar-refractivity contribution in [2.75, 3.05) is 26.2 Å².